The van der Waals surface area contributed by atoms with E-state index in [-0.39, 0.29) is 17.0 Å². The predicted molar refractivity (Wildman–Crippen MR) is 69.7 cm³/mol. The second kappa shape index (κ2) is 6.50. The quantitative estimate of drug-likeness (QED) is 0.795. The van der Waals surface area contributed by atoms with Crippen LogP contribution in [-0.2, 0) is 0 Å². The number of carbonyl (C=O) groups is 1. The summed E-state index contributed by atoms with van der Waals surface area (Å²) in [6, 6.07) is 4.99. The first kappa shape index (κ1) is 13.8. The van der Waals surface area contributed by atoms with Crippen molar-refractivity contribution in [2.75, 3.05) is 6.54 Å². The lowest BCUT2D eigenvalue weighted by Gasteiger charge is -2.09. The molecule has 0 aliphatic rings. The summed E-state index contributed by atoms with van der Waals surface area (Å²) < 4.78 is 0. The van der Waals surface area contributed by atoms with Gasteiger partial charge in [0.25, 0.3) is 5.91 Å². The van der Waals surface area contributed by atoms with Gasteiger partial charge in [0.05, 0.1) is 5.56 Å². The molecule has 3 nitrogen and oxygen atoms in total. The van der Waals surface area contributed by atoms with Crippen LogP contribution in [-0.4, -0.2) is 22.9 Å². The standard InChI is InChI=1S/C13H18ClNO2/c1-3-10(14)6-7-15-13(17)11-5-4-9(2)8-12(11)16/h4-5,8,10,16H,3,6-7H2,1-2H3,(H,15,17). The van der Waals surface area contributed by atoms with E-state index < -0.39 is 0 Å². The lowest BCUT2D eigenvalue weighted by molar-refractivity contribution is 0.0950. The van der Waals surface area contributed by atoms with E-state index in [4.69, 9.17) is 11.6 Å². The number of benzene rings is 1. The monoisotopic (exact) mass is 255 g/mol. The highest BCUT2D eigenvalue weighted by Gasteiger charge is 2.10. The molecule has 1 rings (SSSR count). The maximum Gasteiger partial charge on any atom is 0.255 e. The predicted octanol–water partition coefficient (Wildman–Crippen LogP) is 2.84. The molecule has 2 N–H and O–H groups in total. The fourth-order valence-electron chi connectivity index (χ4n) is 1.48. The summed E-state index contributed by atoms with van der Waals surface area (Å²) in [7, 11) is 0. The van der Waals surface area contributed by atoms with Crippen molar-refractivity contribution in [3.05, 3.63) is 29.3 Å². The lowest BCUT2D eigenvalue weighted by Crippen LogP contribution is -2.26. The molecule has 1 unspecified atom stereocenters. The zero-order valence-corrected chi connectivity index (χ0v) is 10.9. The van der Waals surface area contributed by atoms with Crippen LogP contribution in [0.2, 0.25) is 0 Å². The molecular formula is C13H18ClNO2. The summed E-state index contributed by atoms with van der Waals surface area (Å²) in [5, 5.41) is 12.5. The van der Waals surface area contributed by atoms with Gasteiger partial charge >= 0.3 is 0 Å². The van der Waals surface area contributed by atoms with Crippen molar-refractivity contribution in [2.24, 2.45) is 0 Å². The zero-order valence-electron chi connectivity index (χ0n) is 10.2. The normalized spacial score (nSPS) is 12.2. The van der Waals surface area contributed by atoms with Gasteiger partial charge < -0.3 is 10.4 Å². The average molecular weight is 256 g/mol. The molecule has 1 aromatic rings. The molecule has 0 heterocycles. The smallest absolute Gasteiger partial charge is 0.255 e. The average Bonchev–Trinajstić information content (AvgIpc) is 2.28. The molecular weight excluding hydrogens is 238 g/mol. The van der Waals surface area contributed by atoms with E-state index in [1.807, 2.05) is 13.8 Å². The minimum atomic E-state index is -0.262. The summed E-state index contributed by atoms with van der Waals surface area (Å²) in [4.78, 5) is 11.7. The van der Waals surface area contributed by atoms with E-state index in [9.17, 15) is 9.90 Å². The number of aryl methyl sites for hydroxylation is 1. The zero-order chi connectivity index (χ0) is 12.8. The Bertz CT molecular complexity index is 393. The van der Waals surface area contributed by atoms with Gasteiger partial charge in [-0.1, -0.05) is 13.0 Å². The van der Waals surface area contributed by atoms with Gasteiger partial charge in [0.15, 0.2) is 0 Å². The number of rotatable bonds is 5. The number of carbonyl (C=O) groups excluding carboxylic acids is 1. The third kappa shape index (κ3) is 4.27. The summed E-state index contributed by atoms with van der Waals surface area (Å²) >= 11 is 5.95. The fraction of sp³-hybridized carbons (Fsp3) is 0.462. The van der Waals surface area contributed by atoms with Gasteiger partial charge in [-0.2, -0.15) is 0 Å². The molecule has 94 valence electrons. The van der Waals surface area contributed by atoms with Crippen LogP contribution in [0.5, 0.6) is 5.75 Å². The molecule has 0 saturated heterocycles. The second-order valence-corrected chi connectivity index (χ2v) is 4.69. The van der Waals surface area contributed by atoms with E-state index in [1.54, 1.807) is 18.2 Å². The van der Waals surface area contributed by atoms with E-state index in [1.165, 1.54) is 0 Å². The lowest BCUT2D eigenvalue weighted by atomic mass is 10.1. The molecule has 0 aliphatic carbocycles. The number of phenolic OH excluding ortho intramolecular Hbond substituents is 1. The van der Waals surface area contributed by atoms with E-state index in [0.717, 1.165) is 18.4 Å². The highest BCUT2D eigenvalue weighted by atomic mass is 35.5. The highest BCUT2D eigenvalue weighted by molar-refractivity contribution is 6.20. The van der Waals surface area contributed by atoms with Gasteiger partial charge in [-0.3, -0.25) is 4.79 Å². The van der Waals surface area contributed by atoms with Crippen molar-refractivity contribution >= 4 is 17.5 Å². The number of alkyl halides is 1. The molecule has 17 heavy (non-hydrogen) atoms. The van der Waals surface area contributed by atoms with Crippen LogP contribution in [0.1, 0.15) is 35.7 Å². The first-order chi connectivity index (χ1) is 8.04. The van der Waals surface area contributed by atoms with Gasteiger partial charge in [0, 0.05) is 11.9 Å². The second-order valence-electron chi connectivity index (χ2n) is 4.07. The Morgan fingerprint density at radius 2 is 2.24 bits per heavy atom. The molecule has 0 saturated carbocycles. The van der Waals surface area contributed by atoms with E-state index >= 15 is 0 Å². The molecule has 0 aliphatic heterocycles. The first-order valence-electron chi connectivity index (χ1n) is 5.76. The van der Waals surface area contributed by atoms with Crippen molar-refractivity contribution in [1.29, 1.82) is 0 Å². The van der Waals surface area contributed by atoms with Crippen molar-refractivity contribution in [1.82, 2.24) is 5.32 Å². The van der Waals surface area contributed by atoms with Crippen LogP contribution in [0.25, 0.3) is 0 Å². The van der Waals surface area contributed by atoms with Crippen LogP contribution in [0, 0.1) is 6.92 Å². The Morgan fingerprint density at radius 1 is 1.53 bits per heavy atom. The number of aromatic hydroxyl groups is 1. The molecule has 0 radical (unpaired) electrons. The van der Waals surface area contributed by atoms with Crippen LogP contribution in [0.3, 0.4) is 0 Å². The highest BCUT2D eigenvalue weighted by Crippen LogP contribution is 2.18. The molecule has 4 heteroatoms. The Morgan fingerprint density at radius 3 is 2.82 bits per heavy atom. The fourth-order valence-corrected chi connectivity index (χ4v) is 1.58. The number of phenols is 1. The van der Waals surface area contributed by atoms with Crippen LogP contribution in [0.4, 0.5) is 0 Å². The molecule has 0 fully saturated rings. The van der Waals surface area contributed by atoms with E-state index in [2.05, 4.69) is 5.32 Å². The summed E-state index contributed by atoms with van der Waals surface area (Å²) in [6.07, 6.45) is 1.61. The molecule has 1 amide bonds. The maximum atomic E-state index is 11.7. The number of amides is 1. The number of nitrogens with one attached hydrogen (secondary N) is 1. The number of halogens is 1. The molecule has 0 bridgehead atoms. The largest absolute Gasteiger partial charge is 0.507 e. The summed E-state index contributed by atoms with van der Waals surface area (Å²) in [5.74, 6) is -0.247. The van der Waals surface area contributed by atoms with Crippen LogP contribution >= 0.6 is 11.6 Å². The first-order valence-corrected chi connectivity index (χ1v) is 6.20. The summed E-state index contributed by atoms with van der Waals surface area (Å²) in [5.41, 5.74) is 1.23. The Balaban J connectivity index is 2.52. The Labute approximate surface area is 107 Å². The van der Waals surface area contributed by atoms with Gasteiger partial charge in [0.2, 0.25) is 0 Å². The van der Waals surface area contributed by atoms with Crippen molar-refractivity contribution < 1.29 is 9.90 Å². The van der Waals surface area contributed by atoms with Crippen molar-refractivity contribution in [2.45, 2.75) is 32.1 Å². The third-order valence-corrected chi connectivity index (χ3v) is 3.11. The van der Waals surface area contributed by atoms with Gasteiger partial charge in [-0.15, -0.1) is 11.6 Å². The Hall–Kier alpha value is -1.22. The topological polar surface area (TPSA) is 49.3 Å². The third-order valence-electron chi connectivity index (χ3n) is 2.58. The van der Waals surface area contributed by atoms with Gasteiger partial charge in [-0.25, -0.2) is 0 Å². The molecule has 1 atom stereocenters. The maximum absolute atomic E-state index is 11.7. The van der Waals surface area contributed by atoms with E-state index in [0.29, 0.717) is 12.1 Å². The Kier molecular flexibility index (Phi) is 5.29. The van der Waals surface area contributed by atoms with Gasteiger partial charge in [-0.05, 0) is 37.5 Å². The van der Waals surface area contributed by atoms with Crippen molar-refractivity contribution in [3.8, 4) is 5.75 Å². The number of hydrogen-bond donors (Lipinski definition) is 2. The molecule has 0 aromatic heterocycles. The number of hydrogen-bond acceptors (Lipinski definition) is 2. The van der Waals surface area contributed by atoms with Crippen LogP contribution in [0.15, 0.2) is 18.2 Å². The summed E-state index contributed by atoms with van der Waals surface area (Å²) in [6.45, 7) is 4.39. The molecule has 1 aromatic carbocycles. The van der Waals surface area contributed by atoms with Gasteiger partial charge in [0.1, 0.15) is 5.75 Å². The minimum Gasteiger partial charge on any atom is -0.507 e. The SMILES string of the molecule is CCC(Cl)CCNC(=O)c1ccc(C)cc1O. The minimum absolute atomic E-state index is 0.0143. The molecule has 0 spiro atoms. The van der Waals surface area contributed by atoms with Crippen molar-refractivity contribution in [3.63, 3.8) is 0 Å². The van der Waals surface area contributed by atoms with Crippen LogP contribution < -0.4 is 5.32 Å².